The van der Waals surface area contributed by atoms with E-state index in [0.29, 0.717) is 6.42 Å². The van der Waals surface area contributed by atoms with E-state index in [4.69, 9.17) is 0 Å². The number of fused-ring (bicyclic) bond motifs is 1. The normalized spacial score (nSPS) is 32.5. The number of carbonyl (C=O) groups is 2. The van der Waals surface area contributed by atoms with Crippen LogP contribution in [0.1, 0.15) is 17.5 Å². The van der Waals surface area contributed by atoms with Crippen molar-refractivity contribution in [3.05, 3.63) is 35.4 Å². The first-order valence-electron chi connectivity index (χ1n) is 5.07. The molecule has 0 spiro atoms. The zero-order valence-corrected chi connectivity index (χ0v) is 8.41. The molecule has 0 bridgehead atoms. The highest BCUT2D eigenvalue weighted by Gasteiger charge is 2.69. The molecule has 1 saturated heterocycles. The van der Waals surface area contributed by atoms with Crippen LogP contribution in [0.3, 0.4) is 0 Å². The Kier molecular flexibility index (Phi) is 1.43. The van der Waals surface area contributed by atoms with E-state index < -0.39 is 5.41 Å². The topological polar surface area (TPSA) is 46.2 Å². The highest BCUT2D eigenvalue weighted by atomic mass is 16.2. The fourth-order valence-corrected chi connectivity index (χ4v) is 2.44. The fourth-order valence-electron chi connectivity index (χ4n) is 2.44. The molecule has 1 heterocycles. The van der Waals surface area contributed by atoms with Crippen LogP contribution < -0.4 is 5.32 Å². The predicted octanol–water partition coefficient (Wildman–Crippen LogP) is 0.909. The van der Waals surface area contributed by atoms with Gasteiger partial charge in [0.25, 0.3) is 0 Å². The first-order valence-corrected chi connectivity index (χ1v) is 5.07. The maximum absolute atomic E-state index is 11.7. The summed E-state index contributed by atoms with van der Waals surface area (Å²) in [6.45, 7) is 2.01. The highest BCUT2D eigenvalue weighted by Crippen LogP contribution is 2.57. The van der Waals surface area contributed by atoms with Gasteiger partial charge in [0, 0.05) is 0 Å². The number of amides is 2. The second kappa shape index (κ2) is 2.48. The smallest absolute Gasteiger partial charge is 0.238 e. The maximum Gasteiger partial charge on any atom is 0.238 e. The fraction of sp³-hybridized carbons (Fsp3) is 0.333. The van der Waals surface area contributed by atoms with Crippen LogP contribution in [0.5, 0.6) is 0 Å². The van der Waals surface area contributed by atoms with Gasteiger partial charge in [0.2, 0.25) is 11.8 Å². The monoisotopic (exact) mass is 201 g/mol. The lowest BCUT2D eigenvalue weighted by atomic mass is 9.93. The Morgan fingerprint density at radius 3 is 2.40 bits per heavy atom. The van der Waals surface area contributed by atoms with Crippen molar-refractivity contribution in [2.24, 2.45) is 5.92 Å². The molecular weight excluding hydrogens is 190 g/mol. The van der Waals surface area contributed by atoms with Crippen LogP contribution in [0.2, 0.25) is 0 Å². The summed E-state index contributed by atoms with van der Waals surface area (Å²) in [5, 5.41) is 2.39. The molecule has 2 atom stereocenters. The summed E-state index contributed by atoms with van der Waals surface area (Å²) in [5.41, 5.74) is 1.61. The van der Waals surface area contributed by atoms with Gasteiger partial charge < -0.3 is 0 Å². The van der Waals surface area contributed by atoms with Crippen LogP contribution in [0.15, 0.2) is 24.3 Å². The molecule has 0 unspecified atom stereocenters. The van der Waals surface area contributed by atoms with E-state index in [1.807, 2.05) is 31.2 Å². The molecule has 3 heteroatoms. The zero-order valence-electron chi connectivity index (χ0n) is 8.41. The maximum atomic E-state index is 11.7. The Morgan fingerprint density at radius 2 is 1.93 bits per heavy atom. The van der Waals surface area contributed by atoms with E-state index in [9.17, 15) is 9.59 Å². The number of rotatable bonds is 1. The number of piperidine rings is 1. The van der Waals surface area contributed by atoms with Crippen molar-refractivity contribution in [3.8, 4) is 0 Å². The molecule has 2 fully saturated rings. The van der Waals surface area contributed by atoms with Crippen molar-refractivity contribution >= 4 is 11.8 Å². The lowest BCUT2D eigenvalue weighted by Gasteiger charge is -2.09. The van der Waals surface area contributed by atoms with Crippen molar-refractivity contribution in [2.75, 3.05) is 0 Å². The van der Waals surface area contributed by atoms with E-state index in [1.54, 1.807) is 0 Å². The molecule has 2 aliphatic rings. The Balaban J connectivity index is 2.06. The van der Waals surface area contributed by atoms with Gasteiger partial charge in [-0.2, -0.15) is 0 Å². The van der Waals surface area contributed by atoms with Gasteiger partial charge in [0.1, 0.15) is 0 Å². The van der Waals surface area contributed by atoms with Crippen LogP contribution in [0, 0.1) is 12.8 Å². The zero-order chi connectivity index (χ0) is 10.6. The summed E-state index contributed by atoms with van der Waals surface area (Å²) in [4.78, 5) is 23.0. The average Bonchev–Trinajstić information content (AvgIpc) is 2.90. The van der Waals surface area contributed by atoms with Crippen LogP contribution in [-0.2, 0) is 15.0 Å². The third kappa shape index (κ3) is 0.950. The standard InChI is InChI=1S/C12H11NO2/c1-7-2-4-8(5-3-7)12-6-9(12)10(14)13-11(12)15/h2-5,9H,6H2,1H3,(H,13,14,15)/t9-,12+/m0/s1. The largest absolute Gasteiger partial charge is 0.295 e. The predicted molar refractivity (Wildman–Crippen MR) is 54.1 cm³/mol. The lowest BCUT2D eigenvalue weighted by Crippen LogP contribution is -2.30. The highest BCUT2D eigenvalue weighted by molar-refractivity contribution is 6.15. The second-order valence-corrected chi connectivity index (χ2v) is 4.41. The number of carbonyl (C=O) groups excluding carboxylic acids is 2. The van der Waals surface area contributed by atoms with Crippen molar-refractivity contribution < 1.29 is 9.59 Å². The molecule has 1 aromatic rings. The van der Waals surface area contributed by atoms with Crippen molar-refractivity contribution in [1.82, 2.24) is 5.32 Å². The van der Waals surface area contributed by atoms with Gasteiger partial charge in [0.15, 0.2) is 0 Å². The van der Waals surface area contributed by atoms with Crippen molar-refractivity contribution in [3.63, 3.8) is 0 Å². The molecule has 3 rings (SSSR count). The van der Waals surface area contributed by atoms with Crippen molar-refractivity contribution in [1.29, 1.82) is 0 Å². The van der Waals surface area contributed by atoms with Crippen LogP contribution in [-0.4, -0.2) is 11.8 Å². The summed E-state index contributed by atoms with van der Waals surface area (Å²) in [7, 11) is 0. The van der Waals surface area contributed by atoms with E-state index in [2.05, 4.69) is 5.32 Å². The second-order valence-electron chi connectivity index (χ2n) is 4.41. The van der Waals surface area contributed by atoms with Gasteiger partial charge in [-0.15, -0.1) is 0 Å². The molecule has 1 N–H and O–H groups in total. The third-order valence-corrected chi connectivity index (χ3v) is 3.49. The summed E-state index contributed by atoms with van der Waals surface area (Å²) >= 11 is 0. The van der Waals surface area contributed by atoms with Gasteiger partial charge in [0.05, 0.1) is 11.3 Å². The van der Waals surface area contributed by atoms with Gasteiger partial charge >= 0.3 is 0 Å². The van der Waals surface area contributed by atoms with Crippen molar-refractivity contribution in [2.45, 2.75) is 18.8 Å². The first-order chi connectivity index (χ1) is 7.14. The van der Waals surface area contributed by atoms with Crippen LogP contribution in [0.25, 0.3) is 0 Å². The van der Waals surface area contributed by atoms with Crippen LogP contribution >= 0.6 is 0 Å². The number of hydrogen-bond acceptors (Lipinski definition) is 2. The Morgan fingerprint density at radius 1 is 1.27 bits per heavy atom. The lowest BCUT2D eigenvalue weighted by molar-refractivity contribution is -0.127. The van der Waals surface area contributed by atoms with Gasteiger partial charge in [-0.25, -0.2) is 0 Å². The minimum absolute atomic E-state index is 0.111. The molecule has 0 radical (unpaired) electrons. The van der Waals surface area contributed by atoms with E-state index in [0.717, 1.165) is 11.1 Å². The van der Waals surface area contributed by atoms with Gasteiger partial charge in [-0.05, 0) is 18.9 Å². The van der Waals surface area contributed by atoms with Crippen LogP contribution in [0.4, 0.5) is 0 Å². The molecule has 1 aliphatic heterocycles. The molecule has 76 valence electrons. The Labute approximate surface area is 87.5 Å². The third-order valence-electron chi connectivity index (χ3n) is 3.49. The quantitative estimate of drug-likeness (QED) is 0.686. The number of benzene rings is 1. The Hall–Kier alpha value is -1.64. The van der Waals surface area contributed by atoms with Gasteiger partial charge in [-0.3, -0.25) is 14.9 Å². The summed E-state index contributed by atoms with van der Waals surface area (Å²) in [5.74, 6) is -0.352. The molecule has 0 aromatic heterocycles. The number of aryl methyl sites for hydroxylation is 1. The molecule has 1 aliphatic carbocycles. The van der Waals surface area contributed by atoms with E-state index in [-0.39, 0.29) is 17.7 Å². The molecule has 15 heavy (non-hydrogen) atoms. The summed E-state index contributed by atoms with van der Waals surface area (Å²) in [6, 6.07) is 7.87. The van der Waals surface area contributed by atoms with E-state index >= 15 is 0 Å². The molecular formula is C12H11NO2. The number of imide groups is 1. The Bertz CT molecular complexity index is 463. The number of hydrogen-bond donors (Lipinski definition) is 1. The minimum Gasteiger partial charge on any atom is -0.295 e. The molecule has 1 aromatic carbocycles. The van der Waals surface area contributed by atoms with E-state index in [1.165, 1.54) is 0 Å². The first kappa shape index (κ1) is 8.65. The minimum atomic E-state index is -0.523. The number of nitrogens with one attached hydrogen (secondary N) is 1. The molecule has 1 saturated carbocycles. The summed E-state index contributed by atoms with van der Waals surface area (Å²) < 4.78 is 0. The average molecular weight is 201 g/mol. The molecule has 3 nitrogen and oxygen atoms in total. The van der Waals surface area contributed by atoms with Gasteiger partial charge in [-0.1, -0.05) is 29.8 Å². The molecule has 2 amide bonds. The summed E-state index contributed by atoms with van der Waals surface area (Å²) in [6.07, 6.45) is 0.681. The SMILES string of the molecule is Cc1ccc([C@]23C[C@H]2C(=O)NC3=O)cc1.